The van der Waals surface area contributed by atoms with E-state index in [9.17, 15) is 14.4 Å². The summed E-state index contributed by atoms with van der Waals surface area (Å²) in [7, 11) is 1.66. The third-order valence-corrected chi connectivity index (χ3v) is 6.83. The highest BCUT2D eigenvalue weighted by Crippen LogP contribution is 2.42. The summed E-state index contributed by atoms with van der Waals surface area (Å²) < 4.78 is 15.7. The number of carbonyl (C=O) groups excluding carboxylic acids is 3. The van der Waals surface area contributed by atoms with Crippen molar-refractivity contribution in [2.45, 2.75) is 37.8 Å². The summed E-state index contributed by atoms with van der Waals surface area (Å²) in [6, 6.07) is 15.7. The van der Waals surface area contributed by atoms with E-state index in [2.05, 4.69) is 5.16 Å². The fraction of sp³-hybridized carbons (Fsp3) is 0.308. The Bertz CT molecular complexity index is 1260. The first-order valence-corrected chi connectivity index (χ1v) is 11.3. The van der Waals surface area contributed by atoms with Crippen molar-refractivity contribution in [2.75, 3.05) is 13.8 Å². The molecule has 0 spiro atoms. The van der Waals surface area contributed by atoms with Crippen molar-refractivity contribution in [3.05, 3.63) is 77.7 Å². The zero-order valence-corrected chi connectivity index (χ0v) is 19.5. The van der Waals surface area contributed by atoms with E-state index in [4.69, 9.17) is 14.0 Å². The number of aromatic nitrogens is 1. The Morgan fingerprint density at radius 3 is 2.63 bits per heavy atom. The quantitative estimate of drug-likeness (QED) is 0.484. The fourth-order valence-corrected chi connectivity index (χ4v) is 4.64. The number of rotatable bonds is 7. The van der Waals surface area contributed by atoms with Crippen LogP contribution in [0.1, 0.15) is 42.6 Å². The first kappa shape index (κ1) is 22.6. The SMILES string of the molecule is C[C@@H](c1ccon1)N(C)C(=O)C[C@]1(c2ccccc2)CC(=O)N(Cc2ccc3c(c2)OCO3)C1=O. The smallest absolute Gasteiger partial charge is 0.241 e. The summed E-state index contributed by atoms with van der Waals surface area (Å²) in [5.74, 6) is 0.227. The Morgan fingerprint density at radius 1 is 1.11 bits per heavy atom. The second kappa shape index (κ2) is 8.90. The number of hydrogen-bond acceptors (Lipinski definition) is 7. The van der Waals surface area contributed by atoms with Crippen LogP contribution >= 0.6 is 0 Å². The maximum absolute atomic E-state index is 13.9. The number of hydrogen-bond donors (Lipinski definition) is 0. The van der Waals surface area contributed by atoms with E-state index in [0.29, 0.717) is 22.8 Å². The lowest BCUT2D eigenvalue weighted by Gasteiger charge is -2.31. The predicted octanol–water partition coefficient (Wildman–Crippen LogP) is 3.21. The molecule has 3 heterocycles. The lowest BCUT2D eigenvalue weighted by molar-refractivity contribution is -0.143. The minimum absolute atomic E-state index is 0.0850. The Morgan fingerprint density at radius 2 is 1.89 bits per heavy atom. The molecule has 9 nitrogen and oxygen atoms in total. The molecule has 0 radical (unpaired) electrons. The second-order valence-electron chi connectivity index (χ2n) is 8.88. The van der Waals surface area contributed by atoms with E-state index in [-0.39, 0.29) is 49.9 Å². The summed E-state index contributed by atoms with van der Waals surface area (Å²) in [5, 5.41) is 3.92. The van der Waals surface area contributed by atoms with Gasteiger partial charge in [0, 0.05) is 26.0 Å². The maximum atomic E-state index is 13.9. The van der Waals surface area contributed by atoms with Crippen molar-refractivity contribution in [1.29, 1.82) is 0 Å². The predicted molar refractivity (Wildman–Crippen MR) is 123 cm³/mol. The summed E-state index contributed by atoms with van der Waals surface area (Å²) in [4.78, 5) is 43.2. The lowest BCUT2D eigenvalue weighted by Crippen LogP contribution is -2.43. The van der Waals surface area contributed by atoms with Gasteiger partial charge in [-0.25, -0.2) is 0 Å². The average molecular weight is 476 g/mol. The Balaban J connectivity index is 1.43. The van der Waals surface area contributed by atoms with Crippen molar-refractivity contribution < 1.29 is 28.4 Å². The molecule has 2 aliphatic rings. The highest BCUT2D eigenvalue weighted by Gasteiger charge is 2.54. The van der Waals surface area contributed by atoms with E-state index in [1.807, 2.05) is 25.1 Å². The van der Waals surface area contributed by atoms with Gasteiger partial charge in [-0.15, -0.1) is 0 Å². The number of ether oxygens (including phenoxy) is 2. The Hall–Kier alpha value is -4.14. The van der Waals surface area contributed by atoms with Crippen LogP contribution in [0.25, 0.3) is 0 Å². The number of benzene rings is 2. The number of fused-ring (bicyclic) bond motifs is 1. The molecule has 1 aromatic heterocycles. The van der Waals surface area contributed by atoms with Gasteiger partial charge in [-0.3, -0.25) is 19.3 Å². The normalized spacial score (nSPS) is 19.8. The highest BCUT2D eigenvalue weighted by molar-refractivity contribution is 6.10. The molecule has 2 aromatic carbocycles. The lowest BCUT2D eigenvalue weighted by atomic mass is 9.75. The highest BCUT2D eigenvalue weighted by atomic mass is 16.7. The average Bonchev–Trinajstić information content (AvgIpc) is 3.61. The van der Waals surface area contributed by atoms with Gasteiger partial charge in [0.15, 0.2) is 11.5 Å². The van der Waals surface area contributed by atoms with E-state index in [1.165, 1.54) is 16.1 Å². The van der Waals surface area contributed by atoms with Crippen LogP contribution in [0.15, 0.2) is 65.4 Å². The standard InChI is InChI=1S/C26H25N3O6/c1-17(20-10-11-35-27-20)28(2)23(30)13-26(19-6-4-3-5-7-19)14-24(31)29(25(26)32)15-18-8-9-21-22(12-18)34-16-33-21/h3-12,17H,13-16H2,1-2H3/t17-,26+/m0/s1. The Labute approximate surface area is 202 Å². The van der Waals surface area contributed by atoms with Gasteiger partial charge in [0.25, 0.3) is 0 Å². The van der Waals surface area contributed by atoms with Crippen LogP contribution in [0.5, 0.6) is 11.5 Å². The molecule has 180 valence electrons. The van der Waals surface area contributed by atoms with Crippen LogP contribution in [0, 0.1) is 0 Å². The minimum Gasteiger partial charge on any atom is -0.454 e. The zero-order valence-electron chi connectivity index (χ0n) is 19.5. The third kappa shape index (κ3) is 4.03. The molecule has 2 aliphatic heterocycles. The number of imide groups is 1. The Kier molecular flexibility index (Phi) is 5.76. The molecule has 2 atom stereocenters. The first-order chi connectivity index (χ1) is 16.9. The molecule has 3 aromatic rings. The molecule has 0 bridgehead atoms. The molecule has 35 heavy (non-hydrogen) atoms. The molecule has 9 heteroatoms. The summed E-state index contributed by atoms with van der Waals surface area (Å²) in [6.07, 6.45) is 1.22. The van der Waals surface area contributed by atoms with Crippen molar-refractivity contribution in [3.8, 4) is 11.5 Å². The second-order valence-corrected chi connectivity index (χ2v) is 8.88. The van der Waals surface area contributed by atoms with E-state index in [0.717, 1.165) is 5.56 Å². The summed E-state index contributed by atoms with van der Waals surface area (Å²) in [6.45, 7) is 2.06. The van der Waals surface area contributed by atoms with E-state index >= 15 is 0 Å². The molecule has 3 amide bonds. The third-order valence-electron chi connectivity index (χ3n) is 6.83. The van der Waals surface area contributed by atoms with Gasteiger partial charge in [-0.1, -0.05) is 41.6 Å². The first-order valence-electron chi connectivity index (χ1n) is 11.3. The largest absolute Gasteiger partial charge is 0.454 e. The van der Waals surface area contributed by atoms with Crippen LogP contribution in [0.4, 0.5) is 0 Å². The van der Waals surface area contributed by atoms with Gasteiger partial charge in [0.1, 0.15) is 12.0 Å². The molecule has 0 aliphatic carbocycles. The molecule has 0 saturated carbocycles. The topological polar surface area (TPSA) is 102 Å². The monoisotopic (exact) mass is 475 g/mol. The van der Waals surface area contributed by atoms with Crippen LogP contribution in [-0.2, 0) is 26.3 Å². The molecular formula is C26H25N3O6. The summed E-state index contributed by atoms with van der Waals surface area (Å²) in [5.41, 5.74) is 0.696. The number of likely N-dealkylation sites (tertiary alicyclic amines) is 1. The van der Waals surface area contributed by atoms with Crippen LogP contribution in [0.2, 0.25) is 0 Å². The van der Waals surface area contributed by atoms with Crippen molar-refractivity contribution >= 4 is 17.7 Å². The molecule has 1 saturated heterocycles. The van der Waals surface area contributed by atoms with Gasteiger partial charge in [-0.2, -0.15) is 0 Å². The van der Waals surface area contributed by atoms with E-state index in [1.54, 1.807) is 43.4 Å². The van der Waals surface area contributed by atoms with Crippen molar-refractivity contribution in [3.63, 3.8) is 0 Å². The number of nitrogens with zero attached hydrogens (tertiary/aromatic N) is 3. The zero-order chi connectivity index (χ0) is 24.6. The molecule has 0 unspecified atom stereocenters. The fourth-order valence-electron chi connectivity index (χ4n) is 4.64. The number of amides is 3. The van der Waals surface area contributed by atoms with Gasteiger partial charge in [0.2, 0.25) is 24.5 Å². The molecule has 1 fully saturated rings. The van der Waals surface area contributed by atoms with Gasteiger partial charge in [0.05, 0.1) is 18.0 Å². The molecule has 0 N–H and O–H groups in total. The van der Waals surface area contributed by atoms with Gasteiger partial charge < -0.3 is 18.9 Å². The summed E-state index contributed by atoms with van der Waals surface area (Å²) >= 11 is 0. The van der Waals surface area contributed by atoms with Crippen LogP contribution in [0.3, 0.4) is 0 Å². The number of carbonyl (C=O) groups is 3. The molecule has 5 rings (SSSR count). The van der Waals surface area contributed by atoms with Gasteiger partial charge >= 0.3 is 0 Å². The minimum atomic E-state index is -1.29. The van der Waals surface area contributed by atoms with Gasteiger partial charge in [-0.05, 0) is 30.2 Å². The molecular weight excluding hydrogens is 450 g/mol. The van der Waals surface area contributed by atoms with Crippen LogP contribution < -0.4 is 9.47 Å². The van der Waals surface area contributed by atoms with Crippen molar-refractivity contribution in [1.82, 2.24) is 15.0 Å². The van der Waals surface area contributed by atoms with Crippen LogP contribution in [-0.4, -0.2) is 46.5 Å². The van der Waals surface area contributed by atoms with Crippen molar-refractivity contribution in [2.24, 2.45) is 0 Å². The maximum Gasteiger partial charge on any atom is 0.241 e. The van der Waals surface area contributed by atoms with E-state index < -0.39 is 5.41 Å².